The van der Waals surface area contributed by atoms with Crippen LogP contribution in [0.1, 0.15) is 20.3 Å². The Morgan fingerprint density at radius 2 is 1.88 bits per heavy atom. The Morgan fingerprint density at radius 1 is 1.29 bits per heavy atom. The van der Waals surface area contributed by atoms with E-state index < -0.39 is 12.3 Å². The molecule has 0 aliphatic carbocycles. The third kappa shape index (κ3) is 3.38. The van der Waals surface area contributed by atoms with Gasteiger partial charge in [0.1, 0.15) is 0 Å². The molecule has 0 N–H and O–H groups in total. The van der Waals surface area contributed by atoms with E-state index >= 15 is 0 Å². The van der Waals surface area contributed by atoms with Crippen molar-refractivity contribution >= 4 is 18.4 Å². The summed E-state index contributed by atoms with van der Waals surface area (Å²) in [5.41, 5.74) is -0.00621. The molecule has 0 heterocycles. The molecule has 0 radical (unpaired) electrons. The third-order valence-corrected chi connectivity index (χ3v) is 5.11. The molecule has 0 aromatic heterocycles. The number of hydrogen-bond donors (Lipinski definition) is 0. The topological polar surface area (TPSA) is 69.4 Å². The molecular formula is C11H16NO4P. The van der Waals surface area contributed by atoms with Gasteiger partial charge in [-0.2, -0.15) is 0 Å². The van der Waals surface area contributed by atoms with Gasteiger partial charge in [-0.25, -0.2) is 0 Å². The SMILES string of the molecule is CCC[P@@](=O)(OCC)c1ccc([N+](=O)[O-])cc1. The first-order valence-electron chi connectivity index (χ1n) is 5.52. The number of non-ortho nitro benzene ring substituents is 1. The highest BCUT2D eigenvalue weighted by Gasteiger charge is 2.24. The van der Waals surface area contributed by atoms with E-state index in [0.29, 0.717) is 18.1 Å². The van der Waals surface area contributed by atoms with Crippen LogP contribution in [-0.4, -0.2) is 17.7 Å². The second-order valence-corrected chi connectivity index (χ2v) is 6.16. The van der Waals surface area contributed by atoms with Crippen LogP contribution in [0.25, 0.3) is 0 Å². The van der Waals surface area contributed by atoms with Crippen molar-refractivity contribution in [3.63, 3.8) is 0 Å². The van der Waals surface area contributed by atoms with Crippen molar-refractivity contribution in [2.75, 3.05) is 12.8 Å². The number of hydrogen-bond acceptors (Lipinski definition) is 4. The molecule has 0 amide bonds. The molecule has 94 valence electrons. The summed E-state index contributed by atoms with van der Waals surface area (Å²) in [5, 5.41) is 11.1. The molecule has 0 saturated heterocycles. The van der Waals surface area contributed by atoms with Crippen molar-refractivity contribution in [3.8, 4) is 0 Å². The largest absolute Gasteiger partial charge is 0.326 e. The number of benzene rings is 1. The first-order valence-corrected chi connectivity index (χ1v) is 7.33. The average molecular weight is 257 g/mol. The first kappa shape index (κ1) is 13.9. The highest BCUT2D eigenvalue weighted by Crippen LogP contribution is 2.46. The van der Waals surface area contributed by atoms with Crippen LogP contribution < -0.4 is 5.30 Å². The van der Waals surface area contributed by atoms with Crippen LogP contribution in [0.5, 0.6) is 0 Å². The molecule has 0 saturated carbocycles. The lowest BCUT2D eigenvalue weighted by Gasteiger charge is -2.17. The molecule has 1 rings (SSSR count). The van der Waals surface area contributed by atoms with E-state index in [1.54, 1.807) is 6.92 Å². The van der Waals surface area contributed by atoms with Crippen molar-refractivity contribution in [3.05, 3.63) is 34.4 Å². The predicted molar refractivity (Wildman–Crippen MR) is 67.1 cm³/mol. The minimum absolute atomic E-state index is 0.00621. The second-order valence-electron chi connectivity index (χ2n) is 3.59. The van der Waals surface area contributed by atoms with Gasteiger partial charge in [-0.3, -0.25) is 14.7 Å². The van der Waals surface area contributed by atoms with Gasteiger partial charge >= 0.3 is 0 Å². The van der Waals surface area contributed by atoms with Gasteiger partial charge in [-0.15, -0.1) is 0 Å². The van der Waals surface area contributed by atoms with Crippen molar-refractivity contribution < 1.29 is 14.0 Å². The van der Waals surface area contributed by atoms with E-state index in [-0.39, 0.29) is 5.69 Å². The zero-order chi connectivity index (χ0) is 12.9. The molecular weight excluding hydrogens is 241 g/mol. The maximum atomic E-state index is 12.5. The van der Waals surface area contributed by atoms with Crippen LogP contribution >= 0.6 is 7.37 Å². The fourth-order valence-corrected chi connectivity index (χ4v) is 3.72. The van der Waals surface area contributed by atoms with E-state index in [1.807, 2.05) is 6.92 Å². The average Bonchev–Trinajstić information content (AvgIpc) is 2.30. The van der Waals surface area contributed by atoms with Crippen LogP contribution in [0.2, 0.25) is 0 Å². The summed E-state index contributed by atoms with van der Waals surface area (Å²) in [6.45, 7) is 4.08. The van der Waals surface area contributed by atoms with E-state index in [1.165, 1.54) is 24.3 Å². The lowest BCUT2D eigenvalue weighted by atomic mass is 10.3. The Morgan fingerprint density at radius 3 is 2.29 bits per heavy atom. The van der Waals surface area contributed by atoms with E-state index in [0.717, 1.165) is 6.42 Å². The Labute approximate surface area is 100 Å². The Hall–Kier alpha value is -1.19. The maximum absolute atomic E-state index is 12.5. The Kier molecular flexibility index (Phi) is 4.85. The molecule has 5 nitrogen and oxygen atoms in total. The molecule has 1 aromatic carbocycles. The van der Waals surface area contributed by atoms with E-state index in [4.69, 9.17) is 4.52 Å². The van der Waals surface area contributed by atoms with Gasteiger partial charge in [0.25, 0.3) is 5.69 Å². The van der Waals surface area contributed by atoms with Crippen LogP contribution in [0, 0.1) is 10.1 Å². The van der Waals surface area contributed by atoms with Gasteiger partial charge in [0, 0.05) is 23.6 Å². The summed E-state index contributed by atoms with van der Waals surface area (Å²) in [6, 6.07) is 5.75. The monoisotopic (exact) mass is 257 g/mol. The van der Waals surface area contributed by atoms with Crippen LogP contribution in [0.15, 0.2) is 24.3 Å². The summed E-state index contributed by atoms with van der Waals surface area (Å²) in [6.07, 6.45) is 1.20. The van der Waals surface area contributed by atoms with Gasteiger partial charge in [-0.1, -0.05) is 6.92 Å². The van der Waals surface area contributed by atoms with Gasteiger partial charge in [0.05, 0.1) is 11.5 Å². The van der Waals surface area contributed by atoms with Crippen molar-refractivity contribution in [2.24, 2.45) is 0 Å². The molecule has 0 bridgehead atoms. The summed E-state index contributed by atoms with van der Waals surface area (Å²) >= 11 is 0. The normalized spacial score (nSPS) is 14.2. The lowest BCUT2D eigenvalue weighted by molar-refractivity contribution is -0.384. The van der Waals surface area contributed by atoms with Gasteiger partial charge in [0.2, 0.25) is 7.37 Å². The smallest absolute Gasteiger partial charge is 0.269 e. The molecule has 1 aromatic rings. The van der Waals surface area contributed by atoms with Gasteiger partial charge in [0.15, 0.2) is 0 Å². The highest BCUT2D eigenvalue weighted by atomic mass is 31.2. The van der Waals surface area contributed by atoms with Crippen LogP contribution in [0.4, 0.5) is 5.69 Å². The molecule has 0 unspecified atom stereocenters. The molecule has 0 fully saturated rings. The van der Waals surface area contributed by atoms with Crippen molar-refractivity contribution in [2.45, 2.75) is 20.3 Å². The third-order valence-electron chi connectivity index (χ3n) is 2.31. The first-order chi connectivity index (χ1) is 8.03. The minimum Gasteiger partial charge on any atom is -0.326 e. The van der Waals surface area contributed by atoms with Crippen molar-refractivity contribution in [1.82, 2.24) is 0 Å². The van der Waals surface area contributed by atoms with Gasteiger partial charge in [-0.05, 0) is 25.5 Å². The number of nitrogens with zero attached hydrogens (tertiary/aromatic N) is 1. The molecule has 0 spiro atoms. The summed E-state index contributed by atoms with van der Waals surface area (Å²) in [4.78, 5) is 10.0. The molecule has 1 atom stereocenters. The predicted octanol–water partition coefficient (Wildman–Crippen LogP) is 2.94. The zero-order valence-electron chi connectivity index (χ0n) is 9.96. The zero-order valence-corrected chi connectivity index (χ0v) is 10.9. The molecule has 17 heavy (non-hydrogen) atoms. The van der Waals surface area contributed by atoms with Gasteiger partial charge < -0.3 is 4.52 Å². The Bertz CT molecular complexity index is 420. The van der Waals surface area contributed by atoms with E-state index in [9.17, 15) is 14.7 Å². The molecule has 0 aliphatic rings. The standard InChI is InChI=1S/C11H16NO4P/c1-3-9-17(15,16-4-2)11-7-5-10(6-8-11)12(13)14/h5-8H,3-4,9H2,1-2H3/t17-/m1/s1. The van der Waals surface area contributed by atoms with Crippen molar-refractivity contribution in [1.29, 1.82) is 0 Å². The number of rotatable bonds is 6. The summed E-state index contributed by atoms with van der Waals surface area (Å²) < 4.78 is 17.8. The lowest BCUT2D eigenvalue weighted by Crippen LogP contribution is -2.10. The molecule has 6 heteroatoms. The highest BCUT2D eigenvalue weighted by molar-refractivity contribution is 7.67. The minimum atomic E-state index is -2.84. The summed E-state index contributed by atoms with van der Waals surface area (Å²) in [7, 11) is -2.84. The number of nitro groups is 1. The van der Waals surface area contributed by atoms with Crippen LogP contribution in [0.3, 0.4) is 0 Å². The fourth-order valence-electron chi connectivity index (χ4n) is 1.57. The Balaban J connectivity index is 3.03. The van der Waals surface area contributed by atoms with Crippen LogP contribution in [-0.2, 0) is 9.09 Å². The number of nitro benzene ring substituents is 1. The quantitative estimate of drug-likeness (QED) is 0.446. The molecule has 0 aliphatic heterocycles. The maximum Gasteiger partial charge on any atom is 0.269 e. The fraction of sp³-hybridized carbons (Fsp3) is 0.455. The summed E-state index contributed by atoms with van der Waals surface area (Å²) in [5.74, 6) is 0. The van der Waals surface area contributed by atoms with E-state index in [2.05, 4.69) is 0 Å². The second kappa shape index (κ2) is 5.94.